The van der Waals surface area contributed by atoms with Crippen molar-refractivity contribution >= 4 is 11.6 Å². The Morgan fingerprint density at radius 1 is 1.10 bits per heavy atom. The van der Waals surface area contributed by atoms with Gasteiger partial charge in [-0.3, -0.25) is 4.79 Å². The SMILES string of the molecule is Cc1ccc(CC(=O)Nc2ccccc2CO)cc1C. The summed E-state index contributed by atoms with van der Waals surface area (Å²) >= 11 is 0. The fraction of sp³-hybridized carbons (Fsp3) is 0.235. The van der Waals surface area contributed by atoms with Crippen LogP contribution in [-0.2, 0) is 17.8 Å². The number of para-hydroxylation sites is 1. The molecule has 0 atom stereocenters. The summed E-state index contributed by atoms with van der Waals surface area (Å²) < 4.78 is 0. The second-order valence-electron chi connectivity index (χ2n) is 4.96. The van der Waals surface area contributed by atoms with Crippen LogP contribution in [0.3, 0.4) is 0 Å². The first-order valence-electron chi connectivity index (χ1n) is 6.65. The van der Waals surface area contributed by atoms with Crippen molar-refractivity contribution in [3.63, 3.8) is 0 Å². The Hall–Kier alpha value is -2.13. The monoisotopic (exact) mass is 269 g/mol. The molecule has 2 aromatic carbocycles. The molecule has 0 spiro atoms. The van der Waals surface area contributed by atoms with E-state index in [0.29, 0.717) is 12.1 Å². The lowest BCUT2D eigenvalue weighted by atomic mass is 10.0. The van der Waals surface area contributed by atoms with Gasteiger partial charge < -0.3 is 10.4 Å². The van der Waals surface area contributed by atoms with Crippen molar-refractivity contribution in [3.8, 4) is 0 Å². The van der Waals surface area contributed by atoms with E-state index >= 15 is 0 Å². The number of benzene rings is 2. The summed E-state index contributed by atoms with van der Waals surface area (Å²) in [5.74, 6) is -0.0749. The largest absolute Gasteiger partial charge is 0.392 e. The van der Waals surface area contributed by atoms with Gasteiger partial charge >= 0.3 is 0 Å². The maximum absolute atomic E-state index is 12.1. The van der Waals surface area contributed by atoms with Gasteiger partial charge in [-0.2, -0.15) is 0 Å². The maximum Gasteiger partial charge on any atom is 0.228 e. The first-order valence-corrected chi connectivity index (χ1v) is 6.65. The zero-order valence-corrected chi connectivity index (χ0v) is 11.8. The van der Waals surface area contributed by atoms with E-state index in [1.165, 1.54) is 11.1 Å². The number of aryl methyl sites for hydroxylation is 2. The van der Waals surface area contributed by atoms with Crippen molar-refractivity contribution < 1.29 is 9.90 Å². The van der Waals surface area contributed by atoms with Crippen LogP contribution in [0.2, 0.25) is 0 Å². The summed E-state index contributed by atoms with van der Waals surface area (Å²) in [5, 5.41) is 12.1. The van der Waals surface area contributed by atoms with Crippen LogP contribution in [0.5, 0.6) is 0 Å². The molecule has 0 aromatic heterocycles. The van der Waals surface area contributed by atoms with Gasteiger partial charge in [0.1, 0.15) is 0 Å². The van der Waals surface area contributed by atoms with Crippen molar-refractivity contribution in [2.24, 2.45) is 0 Å². The van der Waals surface area contributed by atoms with Crippen LogP contribution in [-0.4, -0.2) is 11.0 Å². The molecule has 0 bridgehead atoms. The summed E-state index contributed by atoms with van der Waals surface area (Å²) in [7, 11) is 0. The van der Waals surface area contributed by atoms with Gasteiger partial charge in [0, 0.05) is 11.3 Å². The van der Waals surface area contributed by atoms with E-state index < -0.39 is 0 Å². The molecule has 104 valence electrons. The van der Waals surface area contributed by atoms with E-state index in [4.69, 9.17) is 0 Å². The van der Waals surface area contributed by atoms with E-state index in [1.807, 2.05) is 37.3 Å². The third-order valence-electron chi connectivity index (χ3n) is 3.40. The van der Waals surface area contributed by atoms with Gasteiger partial charge in [0.2, 0.25) is 5.91 Å². The highest BCUT2D eigenvalue weighted by Crippen LogP contribution is 2.16. The average molecular weight is 269 g/mol. The van der Waals surface area contributed by atoms with Crippen LogP contribution in [0.25, 0.3) is 0 Å². The zero-order valence-electron chi connectivity index (χ0n) is 11.8. The molecular weight excluding hydrogens is 250 g/mol. The van der Waals surface area contributed by atoms with Crippen molar-refractivity contribution in [1.29, 1.82) is 0 Å². The number of hydrogen-bond acceptors (Lipinski definition) is 2. The molecule has 0 saturated carbocycles. The minimum atomic E-state index is -0.0832. The Morgan fingerprint density at radius 3 is 2.55 bits per heavy atom. The third-order valence-corrected chi connectivity index (χ3v) is 3.40. The molecule has 20 heavy (non-hydrogen) atoms. The predicted molar refractivity (Wildman–Crippen MR) is 80.6 cm³/mol. The van der Waals surface area contributed by atoms with E-state index in [2.05, 4.69) is 12.2 Å². The van der Waals surface area contributed by atoms with E-state index in [1.54, 1.807) is 12.1 Å². The molecule has 3 nitrogen and oxygen atoms in total. The highest BCUT2D eigenvalue weighted by Gasteiger charge is 2.07. The van der Waals surface area contributed by atoms with Crippen LogP contribution >= 0.6 is 0 Å². The fourth-order valence-corrected chi connectivity index (χ4v) is 2.07. The number of rotatable bonds is 4. The lowest BCUT2D eigenvalue weighted by Gasteiger charge is -2.10. The minimum absolute atomic E-state index is 0.0749. The standard InChI is InChI=1S/C17H19NO2/c1-12-7-8-14(9-13(12)2)10-17(20)18-16-6-4-3-5-15(16)11-19/h3-9,19H,10-11H2,1-2H3,(H,18,20). The Balaban J connectivity index is 2.07. The molecule has 2 aromatic rings. The van der Waals surface area contributed by atoms with Crippen LogP contribution in [0, 0.1) is 13.8 Å². The molecule has 0 saturated heterocycles. The average Bonchev–Trinajstić information content (AvgIpc) is 2.43. The first kappa shape index (κ1) is 14.3. The second-order valence-corrected chi connectivity index (χ2v) is 4.96. The number of hydrogen-bond donors (Lipinski definition) is 2. The van der Waals surface area contributed by atoms with Gasteiger partial charge in [-0.15, -0.1) is 0 Å². The molecule has 0 fully saturated rings. The van der Waals surface area contributed by atoms with Gasteiger partial charge in [-0.1, -0.05) is 36.4 Å². The van der Waals surface area contributed by atoms with Crippen molar-refractivity contribution in [2.45, 2.75) is 26.9 Å². The summed E-state index contributed by atoms with van der Waals surface area (Å²) in [5.41, 5.74) is 4.79. The van der Waals surface area contributed by atoms with Gasteiger partial charge in [0.05, 0.1) is 13.0 Å². The smallest absolute Gasteiger partial charge is 0.228 e. The maximum atomic E-state index is 12.1. The Labute approximate surface area is 119 Å². The topological polar surface area (TPSA) is 49.3 Å². The molecule has 0 aliphatic heterocycles. The van der Waals surface area contributed by atoms with Crippen molar-refractivity contribution in [2.75, 3.05) is 5.32 Å². The number of carbonyl (C=O) groups is 1. The van der Waals surface area contributed by atoms with Gasteiger partial charge in [0.15, 0.2) is 0 Å². The number of anilines is 1. The number of carbonyl (C=O) groups excluding carboxylic acids is 1. The molecule has 2 N–H and O–H groups in total. The van der Waals surface area contributed by atoms with Crippen LogP contribution in [0.15, 0.2) is 42.5 Å². The molecule has 0 heterocycles. The Kier molecular flexibility index (Phi) is 4.53. The molecular formula is C17H19NO2. The van der Waals surface area contributed by atoms with Crippen LogP contribution in [0.1, 0.15) is 22.3 Å². The molecule has 0 aliphatic rings. The minimum Gasteiger partial charge on any atom is -0.392 e. The molecule has 2 rings (SSSR count). The Morgan fingerprint density at radius 2 is 1.85 bits per heavy atom. The van der Waals surface area contributed by atoms with Gasteiger partial charge in [-0.05, 0) is 36.6 Å². The molecule has 0 aliphatic carbocycles. The number of nitrogens with one attached hydrogen (secondary N) is 1. The van der Waals surface area contributed by atoms with Gasteiger partial charge in [0.25, 0.3) is 0 Å². The highest BCUT2D eigenvalue weighted by molar-refractivity contribution is 5.93. The Bertz CT molecular complexity index is 620. The van der Waals surface area contributed by atoms with Crippen molar-refractivity contribution in [1.82, 2.24) is 0 Å². The second kappa shape index (κ2) is 6.35. The molecule has 1 amide bonds. The normalized spacial score (nSPS) is 10.3. The van der Waals surface area contributed by atoms with E-state index in [-0.39, 0.29) is 12.5 Å². The third kappa shape index (κ3) is 3.45. The quantitative estimate of drug-likeness (QED) is 0.896. The molecule has 0 radical (unpaired) electrons. The number of amides is 1. The molecule has 0 unspecified atom stereocenters. The summed E-state index contributed by atoms with van der Waals surface area (Å²) in [6.45, 7) is 4.01. The fourth-order valence-electron chi connectivity index (χ4n) is 2.07. The van der Waals surface area contributed by atoms with Gasteiger partial charge in [-0.25, -0.2) is 0 Å². The van der Waals surface area contributed by atoms with E-state index in [9.17, 15) is 9.90 Å². The van der Waals surface area contributed by atoms with Crippen LogP contribution in [0.4, 0.5) is 5.69 Å². The van der Waals surface area contributed by atoms with E-state index in [0.717, 1.165) is 11.1 Å². The number of aliphatic hydroxyl groups is 1. The van der Waals surface area contributed by atoms with Crippen LogP contribution < -0.4 is 5.32 Å². The number of aliphatic hydroxyl groups excluding tert-OH is 1. The zero-order chi connectivity index (χ0) is 14.5. The lowest BCUT2D eigenvalue weighted by Crippen LogP contribution is -2.15. The summed E-state index contributed by atoms with van der Waals surface area (Å²) in [6, 6.07) is 13.3. The highest BCUT2D eigenvalue weighted by atomic mass is 16.3. The lowest BCUT2D eigenvalue weighted by molar-refractivity contribution is -0.115. The summed E-state index contributed by atoms with van der Waals surface area (Å²) in [4.78, 5) is 12.1. The predicted octanol–water partition coefficient (Wildman–Crippen LogP) is 2.98. The first-order chi connectivity index (χ1) is 9.60. The molecule has 3 heteroatoms. The summed E-state index contributed by atoms with van der Waals surface area (Å²) in [6.07, 6.45) is 0.334. The van der Waals surface area contributed by atoms with Crippen molar-refractivity contribution in [3.05, 3.63) is 64.7 Å².